The second kappa shape index (κ2) is 8.06. The molecule has 6 heteroatoms. The Bertz CT molecular complexity index is 627. The number of para-hydroxylation sites is 1. The summed E-state index contributed by atoms with van der Waals surface area (Å²) in [4.78, 5) is 11.9. The number of rotatable bonds is 6. The number of carbonyl (C=O) groups is 1. The molecule has 1 aromatic carbocycles. The molecule has 0 bridgehead atoms. The zero-order valence-electron chi connectivity index (χ0n) is 13.1. The molecule has 0 saturated heterocycles. The topological polar surface area (TPSA) is 77.5 Å². The second-order valence-electron chi connectivity index (χ2n) is 5.12. The minimum atomic E-state index is -0.214. The molecule has 122 valence electrons. The van der Waals surface area contributed by atoms with E-state index in [2.05, 4.69) is 5.32 Å². The van der Waals surface area contributed by atoms with Gasteiger partial charge in [0.25, 0.3) is 0 Å². The molecule has 2 aromatic rings. The number of furan rings is 1. The average molecular weight is 327 g/mol. The molecule has 1 heterocycles. The predicted octanol–water partition coefficient (Wildman–Crippen LogP) is 3.03. The fraction of sp³-hybridized carbons (Fsp3) is 0.438. The van der Waals surface area contributed by atoms with E-state index in [4.69, 9.17) is 14.9 Å². The number of nitrogens with two attached hydrogens (primary N) is 1. The van der Waals surface area contributed by atoms with Crippen LogP contribution >= 0.6 is 12.4 Å². The Kier molecular flexibility index (Phi) is 6.71. The van der Waals surface area contributed by atoms with Gasteiger partial charge in [-0.25, -0.2) is 0 Å². The Hall–Kier alpha value is -1.72. The van der Waals surface area contributed by atoms with Gasteiger partial charge in [0.05, 0.1) is 12.6 Å². The third-order valence-electron chi connectivity index (χ3n) is 3.41. The number of hydrogen-bond acceptors (Lipinski definition) is 4. The Morgan fingerprint density at radius 2 is 2.14 bits per heavy atom. The van der Waals surface area contributed by atoms with Crippen LogP contribution < -0.4 is 15.8 Å². The standard InChI is InChI=1S/C16H22N2O3.ClH/c1-4-20-13-7-5-6-12-8-14(21-15(12)13)11(3)18-16(19)10(2)9-17;/h5-8,10-11H,4,9,17H2,1-3H3,(H,18,19);1H. The number of nitrogens with one attached hydrogen (secondary N) is 1. The van der Waals surface area contributed by atoms with Gasteiger partial charge in [0.2, 0.25) is 5.91 Å². The van der Waals surface area contributed by atoms with Crippen molar-refractivity contribution in [2.45, 2.75) is 26.8 Å². The molecule has 0 radical (unpaired) electrons. The van der Waals surface area contributed by atoms with Crippen molar-refractivity contribution in [3.05, 3.63) is 30.0 Å². The predicted molar refractivity (Wildman–Crippen MR) is 89.4 cm³/mol. The van der Waals surface area contributed by atoms with Gasteiger partial charge in [-0.2, -0.15) is 0 Å². The third kappa shape index (κ3) is 3.93. The fourth-order valence-corrected chi connectivity index (χ4v) is 2.07. The summed E-state index contributed by atoms with van der Waals surface area (Å²) in [5, 5.41) is 3.87. The number of fused-ring (bicyclic) bond motifs is 1. The van der Waals surface area contributed by atoms with Crippen LogP contribution in [-0.4, -0.2) is 19.1 Å². The van der Waals surface area contributed by atoms with E-state index in [1.54, 1.807) is 6.92 Å². The van der Waals surface area contributed by atoms with Crippen LogP contribution in [0.2, 0.25) is 0 Å². The normalized spacial score (nSPS) is 13.3. The van der Waals surface area contributed by atoms with Crippen LogP contribution in [0.4, 0.5) is 0 Å². The van der Waals surface area contributed by atoms with Gasteiger partial charge >= 0.3 is 0 Å². The number of carbonyl (C=O) groups excluding carboxylic acids is 1. The largest absolute Gasteiger partial charge is 0.490 e. The number of hydrogen-bond donors (Lipinski definition) is 2. The van der Waals surface area contributed by atoms with Crippen LogP contribution in [0.25, 0.3) is 11.0 Å². The Morgan fingerprint density at radius 1 is 1.41 bits per heavy atom. The minimum Gasteiger partial charge on any atom is -0.490 e. The highest BCUT2D eigenvalue weighted by atomic mass is 35.5. The highest BCUT2D eigenvalue weighted by Crippen LogP contribution is 2.31. The molecular formula is C16H23ClN2O3. The third-order valence-corrected chi connectivity index (χ3v) is 3.41. The van der Waals surface area contributed by atoms with Gasteiger partial charge in [0.15, 0.2) is 11.3 Å². The summed E-state index contributed by atoms with van der Waals surface area (Å²) in [7, 11) is 0. The van der Waals surface area contributed by atoms with Gasteiger partial charge in [0.1, 0.15) is 5.76 Å². The van der Waals surface area contributed by atoms with Crippen molar-refractivity contribution < 1.29 is 13.9 Å². The first kappa shape index (κ1) is 18.3. The van der Waals surface area contributed by atoms with E-state index in [0.717, 1.165) is 11.1 Å². The van der Waals surface area contributed by atoms with Crippen molar-refractivity contribution in [1.29, 1.82) is 0 Å². The second-order valence-corrected chi connectivity index (χ2v) is 5.12. The highest BCUT2D eigenvalue weighted by Gasteiger charge is 2.18. The molecule has 5 nitrogen and oxygen atoms in total. The van der Waals surface area contributed by atoms with E-state index in [9.17, 15) is 4.79 Å². The summed E-state index contributed by atoms with van der Waals surface area (Å²) < 4.78 is 11.4. The van der Waals surface area contributed by atoms with Crippen LogP contribution in [0.1, 0.15) is 32.6 Å². The lowest BCUT2D eigenvalue weighted by atomic mass is 10.1. The first-order valence-electron chi connectivity index (χ1n) is 7.22. The van der Waals surface area contributed by atoms with E-state index in [1.807, 2.05) is 38.1 Å². The summed E-state index contributed by atoms with van der Waals surface area (Å²) >= 11 is 0. The molecule has 2 rings (SSSR count). The van der Waals surface area contributed by atoms with Gasteiger partial charge in [-0.1, -0.05) is 19.1 Å². The molecule has 0 aliphatic rings. The molecule has 1 aromatic heterocycles. The molecule has 3 N–H and O–H groups in total. The Balaban J connectivity index is 0.00000242. The number of halogens is 1. The van der Waals surface area contributed by atoms with Gasteiger partial charge in [0, 0.05) is 17.8 Å². The SMILES string of the molecule is CCOc1cccc2cc(C(C)NC(=O)C(C)CN)oc12.Cl. The van der Waals surface area contributed by atoms with E-state index in [-0.39, 0.29) is 30.3 Å². The summed E-state index contributed by atoms with van der Waals surface area (Å²) in [6.45, 7) is 6.52. The van der Waals surface area contributed by atoms with E-state index in [0.29, 0.717) is 24.5 Å². The maximum Gasteiger partial charge on any atom is 0.224 e. The van der Waals surface area contributed by atoms with Gasteiger partial charge < -0.3 is 20.2 Å². The fourth-order valence-electron chi connectivity index (χ4n) is 2.07. The van der Waals surface area contributed by atoms with Crippen molar-refractivity contribution in [2.24, 2.45) is 11.7 Å². The van der Waals surface area contributed by atoms with Crippen molar-refractivity contribution in [3.63, 3.8) is 0 Å². The average Bonchev–Trinajstić information content (AvgIpc) is 2.91. The lowest BCUT2D eigenvalue weighted by Gasteiger charge is -2.14. The van der Waals surface area contributed by atoms with Crippen molar-refractivity contribution in [1.82, 2.24) is 5.32 Å². The maximum atomic E-state index is 11.9. The zero-order valence-corrected chi connectivity index (χ0v) is 13.9. The summed E-state index contributed by atoms with van der Waals surface area (Å²) in [6.07, 6.45) is 0. The smallest absolute Gasteiger partial charge is 0.224 e. The van der Waals surface area contributed by atoms with Gasteiger partial charge in [-0.3, -0.25) is 4.79 Å². The van der Waals surface area contributed by atoms with Crippen LogP contribution in [0.5, 0.6) is 5.75 Å². The summed E-state index contributed by atoms with van der Waals surface area (Å²) in [5.41, 5.74) is 6.21. The molecule has 0 spiro atoms. The monoisotopic (exact) mass is 326 g/mol. The van der Waals surface area contributed by atoms with Crippen molar-refractivity contribution in [3.8, 4) is 5.75 Å². The van der Waals surface area contributed by atoms with Crippen LogP contribution in [-0.2, 0) is 4.79 Å². The minimum absolute atomic E-state index is 0. The zero-order chi connectivity index (χ0) is 15.4. The molecule has 1 amide bonds. The molecule has 0 saturated carbocycles. The first-order chi connectivity index (χ1) is 10.1. The quantitative estimate of drug-likeness (QED) is 0.855. The molecule has 0 aliphatic carbocycles. The molecule has 2 unspecified atom stereocenters. The van der Waals surface area contributed by atoms with Crippen molar-refractivity contribution in [2.75, 3.05) is 13.2 Å². The van der Waals surface area contributed by atoms with Crippen LogP contribution in [0.3, 0.4) is 0 Å². The maximum absolute atomic E-state index is 11.9. The molecular weight excluding hydrogens is 304 g/mol. The molecule has 0 fully saturated rings. The van der Waals surface area contributed by atoms with E-state index < -0.39 is 0 Å². The molecule has 22 heavy (non-hydrogen) atoms. The summed E-state index contributed by atoms with van der Waals surface area (Å²) in [6, 6.07) is 7.47. The Morgan fingerprint density at radius 3 is 2.77 bits per heavy atom. The molecule has 0 aliphatic heterocycles. The van der Waals surface area contributed by atoms with E-state index >= 15 is 0 Å². The van der Waals surface area contributed by atoms with Gasteiger partial charge in [-0.05, 0) is 26.0 Å². The number of benzene rings is 1. The number of amides is 1. The van der Waals surface area contributed by atoms with E-state index in [1.165, 1.54) is 0 Å². The van der Waals surface area contributed by atoms with Gasteiger partial charge in [-0.15, -0.1) is 12.4 Å². The lowest BCUT2D eigenvalue weighted by Crippen LogP contribution is -2.34. The van der Waals surface area contributed by atoms with Crippen LogP contribution in [0, 0.1) is 5.92 Å². The lowest BCUT2D eigenvalue weighted by molar-refractivity contribution is -0.124. The number of ether oxygens (including phenoxy) is 1. The van der Waals surface area contributed by atoms with Crippen molar-refractivity contribution >= 4 is 29.3 Å². The molecule has 2 atom stereocenters. The van der Waals surface area contributed by atoms with Crippen LogP contribution in [0.15, 0.2) is 28.7 Å². The summed E-state index contributed by atoms with van der Waals surface area (Å²) in [5.74, 6) is 1.14. The Labute approximate surface area is 136 Å². The highest BCUT2D eigenvalue weighted by molar-refractivity contribution is 5.85. The first-order valence-corrected chi connectivity index (χ1v) is 7.22.